The van der Waals surface area contributed by atoms with Gasteiger partial charge in [-0.1, -0.05) is 37.3 Å². The van der Waals surface area contributed by atoms with E-state index in [1.807, 2.05) is 25.1 Å². The minimum absolute atomic E-state index is 0.252. The first-order valence-electron chi connectivity index (χ1n) is 4.68. The van der Waals surface area contributed by atoms with Crippen LogP contribution in [0.25, 0.3) is 0 Å². The molecule has 0 bridgehead atoms. The second-order valence-electron chi connectivity index (χ2n) is 3.40. The average Bonchev–Trinajstić information content (AvgIpc) is 2.19. The molecule has 0 amide bonds. The van der Waals surface area contributed by atoms with Crippen LogP contribution in [0.15, 0.2) is 30.3 Å². The van der Waals surface area contributed by atoms with Gasteiger partial charge in [0.2, 0.25) is 0 Å². The molecule has 0 heterocycles. The molecular formula is C11H17NO. The molecule has 2 heteroatoms. The Morgan fingerprint density at radius 2 is 2.00 bits per heavy atom. The molecule has 0 unspecified atom stereocenters. The van der Waals surface area contributed by atoms with Crippen LogP contribution in [-0.2, 0) is 6.54 Å². The fourth-order valence-corrected chi connectivity index (χ4v) is 1.12. The molecule has 0 aliphatic rings. The van der Waals surface area contributed by atoms with Gasteiger partial charge in [0.25, 0.3) is 0 Å². The number of aliphatic hydroxyl groups is 1. The van der Waals surface area contributed by atoms with Crippen molar-refractivity contribution in [2.45, 2.75) is 13.5 Å². The summed E-state index contributed by atoms with van der Waals surface area (Å²) >= 11 is 0. The van der Waals surface area contributed by atoms with E-state index in [0.717, 1.165) is 13.1 Å². The third kappa shape index (κ3) is 4.06. The van der Waals surface area contributed by atoms with Crippen molar-refractivity contribution in [1.82, 2.24) is 5.32 Å². The Morgan fingerprint density at radius 3 is 2.62 bits per heavy atom. The predicted octanol–water partition coefficient (Wildman–Crippen LogP) is 1.40. The second kappa shape index (κ2) is 5.73. The summed E-state index contributed by atoms with van der Waals surface area (Å²) in [6, 6.07) is 10.3. The van der Waals surface area contributed by atoms with Gasteiger partial charge >= 0.3 is 0 Å². The largest absolute Gasteiger partial charge is 0.396 e. The minimum Gasteiger partial charge on any atom is -0.396 e. The first-order chi connectivity index (χ1) is 6.33. The van der Waals surface area contributed by atoms with Gasteiger partial charge in [-0.3, -0.25) is 0 Å². The Morgan fingerprint density at radius 1 is 1.31 bits per heavy atom. The molecule has 1 atom stereocenters. The van der Waals surface area contributed by atoms with E-state index in [4.69, 9.17) is 5.11 Å². The molecule has 0 saturated carbocycles. The van der Waals surface area contributed by atoms with E-state index in [1.54, 1.807) is 0 Å². The number of hydrogen-bond acceptors (Lipinski definition) is 2. The van der Waals surface area contributed by atoms with Gasteiger partial charge in [0.15, 0.2) is 0 Å². The number of nitrogens with one attached hydrogen (secondary N) is 1. The standard InChI is InChI=1S/C11H17NO/c1-10(9-13)7-12-8-11-5-3-2-4-6-11/h2-6,10,12-13H,7-9H2,1H3/t10-/m1/s1. The molecule has 0 aromatic heterocycles. The van der Waals surface area contributed by atoms with Crippen molar-refractivity contribution in [2.24, 2.45) is 5.92 Å². The third-order valence-corrected chi connectivity index (χ3v) is 1.98. The zero-order chi connectivity index (χ0) is 9.52. The van der Waals surface area contributed by atoms with Crippen molar-refractivity contribution in [3.63, 3.8) is 0 Å². The minimum atomic E-state index is 0.252. The van der Waals surface area contributed by atoms with Gasteiger partial charge in [-0.15, -0.1) is 0 Å². The normalized spacial score (nSPS) is 12.8. The van der Waals surface area contributed by atoms with Crippen LogP contribution in [-0.4, -0.2) is 18.3 Å². The maximum Gasteiger partial charge on any atom is 0.0468 e. The lowest BCUT2D eigenvalue weighted by atomic mass is 10.2. The van der Waals surface area contributed by atoms with Crippen LogP contribution in [0.2, 0.25) is 0 Å². The van der Waals surface area contributed by atoms with Crippen LogP contribution in [0.5, 0.6) is 0 Å². The van der Waals surface area contributed by atoms with E-state index in [0.29, 0.717) is 5.92 Å². The highest BCUT2D eigenvalue weighted by atomic mass is 16.3. The summed E-state index contributed by atoms with van der Waals surface area (Å²) in [5.41, 5.74) is 1.28. The number of benzene rings is 1. The summed E-state index contributed by atoms with van der Waals surface area (Å²) in [5.74, 6) is 0.337. The summed E-state index contributed by atoms with van der Waals surface area (Å²) < 4.78 is 0. The highest BCUT2D eigenvalue weighted by Gasteiger charge is 1.98. The van der Waals surface area contributed by atoms with Crippen molar-refractivity contribution in [2.75, 3.05) is 13.2 Å². The molecule has 1 rings (SSSR count). The lowest BCUT2D eigenvalue weighted by Crippen LogP contribution is -2.22. The van der Waals surface area contributed by atoms with Crippen molar-refractivity contribution in [3.8, 4) is 0 Å². The number of aliphatic hydroxyl groups excluding tert-OH is 1. The smallest absolute Gasteiger partial charge is 0.0468 e. The van der Waals surface area contributed by atoms with Crippen molar-refractivity contribution >= 4 is 0 Å². The predicted molar refractivity (Wildman–Crippen MR) is 54.4 cm³/mol. The lowest BCUT2D eigenvalue weighted by Gasteiger charge is -2.09. The molecule has 72 valence electrons. The molecule has 0 saturated heterocycles. The van der Waals surface area contributed by atoms with Crippen molar-refractivity contribution in [1.29, 1.82) is 0 Å². The van der Waals surface area contributed by atoms with Crippen LogP contribution in [0.1, 0.15) is 12.5 Å². The molecular weight excluding hydrogens is 162 g/mol. The summed E-state index contributed by atoms with van der Waals surface area (Å²) in [5, 5.41) is 12.1. The van der Waals surface area contributed by atoms with Crippen molar-refractivity contribution < 1.29 is 5.11 Å². The summed E-state index contributed by atoms with van der Waals surface area (Å²) in [6.45, 7) is 4.02. The summed E-state index contributed by atoms with van der Waals surface area (Å²) in [7, 11) is 0. The molecule has 2 nitrogen and oxygen atoms in total. The fraction of sp³-hybridized carbons (Fsp3) is 0.455. The molecule has 1 aromatic rings. The Balaban J connectivity index is 2.20. The maximum atomic E-state index is 8.79. The first kappa shape index (κ1) is 10.2. The van der Waals surface area contributed by atoms with E-state index >= 15 is 0 Å². The molecule has 2 N–H and O–H groups in total. The Kier molecular flexibility index (Phi) is 4.50. The molecule has 0 fully saturated rings. The summed E-state index contributed by atoms with van der Waals surface area (Å²) in [4.78, 5) is 0. The van der Waals surface area contributed by atoms with Gasteiger partial charge in [0.05, 0.1) is 0 Å². The van der Waals surface area contributed by atoms with Gasteiger partial charge < -0.3 is 10.4 Å². The van der Waals surface area contributed by atoms with Crippen molar-refractivity contribution in [3.05, 3.63) is 35.9 Å². The molecule has 0 aliphatic heterocycles. The lowest BCUT2D eigenvalue weighted by molar-refractivity contribution is 0.233. The van der Waals surface area contributed by atoms with Crippen LogP contribution in [0, 0.1) is 5.92 Å². The van der Waals surface area contributed by atoms with E-state index in [9.17, 15) is 0 Å². The molecule has 0 aliphatic carbocycles. The quantitative estimate of drug-likeness (QED) is 0.716. The van der Waals surface area contributed by atoms with Gasteiger partial charge in [0, 0.05) is 19.7 Å². The third-order valence-electron chi connectivity index (χ3n) is 1.98. The van der Waals surface area contributed by atoms with Crippen LogP contribution in [0.4, 0.5) is 0 Å². The van der Waals surface area contributed by atoms with E-state index in [-0.39, 0.29) is 6.61 Å². The maximum absolute atomic E-state index is 8.79. The van der Waals surface area contributed by atoms with E-state index < -0.39 is 0 Å². The monoisotopic (exact) mass is 179 g/mol. The van der Waals surface area contributed by atoms with Gasteiger partial charge in [0.1, 0.15) is 0 Å². The van der Waals surface area contributed by atoms with Gasteiger partial charge in [-0.25, -0.2) is 0 Å². The highest BCUT2D eigenvalue weighted by molar-refractivity contribution is 5.14. The molecule has 13 heavy (non-hydrogen) atoms. The Hall–Kier alpha value is -0.860. The summed E-state index contributed by atoms with van der Waals surface area (Å²) in [6.07, 6.45) is 0. The number of rotatable bonds is 5. The zero-order valence-corrected chi connectivity index (χ0v) is 8.03. The molecule has 0 radical (unpaired) electrons. The Labute approximate surface area is 79.6 Å². The van der Waals surface area contributed by atoms with Crippen LogP contribution in [0.3, 0.4) is 0 Å². The Bertz CT molecular complexity index is 223. The van der Waals surface area contributed by atoms with Gasteiger partial charge in [-0.2, -0.15) is 0 Å². The fourth-order valence-electron chi connectivity index (χ4n) is 1.12. The molecule has 1 aromatic carbocycles. The zero-order valence-electron chi connectivity index (χ0n) is 8.03. The van der Waals surface area contributed by atoms with Crippen LogP contribution >= 0.6 is 0 Å². The highest BCUT2D eigenvalue weighted by Crippen LogP contribution is 1.97. The number of hydrogen-bond donors (Lipinski definition) is 2. The topological polar surface area (TPSA) is 32.3 Å². The van der Waals surface area contributed by atoms with Gasteiger partial charge in [-0.05, 0) is 11.5 Å². The SMILES string of the molecule is C[C@@H](CO)CNCc1ccccc1. The second-order valence-corrected chi connectivity index (χ2v) is 3.40. The average molecular weight is 179 g/mol. The first-order valence-corrected chi connectivity index (χ1v) is 4.68. The van der Waals surface area contributed by atoms with Crippen LogP contribution < -0.4 is 5.32 Å². The molecule has 0 spiro atoms. The van der Waals surface area contributed by atoms with E-state index in [2.05, 4.69) is 17.4 Å². The van der Waals surface area contributed by atoms with E-state index in [1.165, 1.54) is 5.56 Å².